The number of aromatic nitrogens is 1. The summed E-state index contributed by atoms with van der Waals surface area (Å²) in [5.41, 5.74) is 2.41. The van der Waals surface area contributed by atoms with Gasteiger partial charge in [0.1, 0.15) is 5.15 Å². The molecule has 0 saturated carbocycles. The molecule has 1 amide bonds. The molecule has 0 fully saturated rings. The van der Waals surface area contributed by atoms with Crippen LogP contribution in [0.1, 0.15) is 29.8 Å². The molecule has 1 aromatic carbocycles. The van der Waals surface area contributed by atoms with Crippen molar-refractivity contribution in [1.29, 1.82) is 0 Å². The first-order valence-electron chi connectivity index (χ1n) is 8.36. The van der Waals surface area contributed by atoms with Gasteiger partial charge in [0.05, 0.1) is 5.56 Å². The maximum atomic E-state index is 12.4. The average Bonchev–Trinajstić information content (AvgIpc) is 2.55. The molecule has 24 heavy (non-hydrogen) atoms. The van der Waals surface area contributed by atoms with E-state index in [0.29, 0.717) is 5.56 Å². The van der Waals surface area contributed by atoms with E-state index in [2.05, 4.69) is 36.0 Å². The molecule has 0 bridgehead atoms. The molecule has 0 radical (unpaired) electrons. The van der Waals surface area contributed by atoms with Crippen molar-refractivity contribution < 1.29 is 4.79 Å². The molecule has 0 atom stereocenters. The van der Waals surface area contributed by atoms with E-state index in [9.17, 15) is 4.79 Å². The Bertz CT molecular complexity index is 668. The van der Waals surface area contributed by atoms with Gasteiger partial charge >= 0.3 is 0 Å². The standard InChI is InChI=1S/C17H21ClN2OSi.C2H6/c1-22(2,3)12-10-13-7-4-5-9-15(13)20-17(21)14-8-6-11-19-16(14)18;1-2/h4-9,11H,10,12H2,1-3H3,(H,20,21);1-2H3. The van der Waals surface area contributed by atoms with Crippen molar-refractivity contribution in [3.05, 3.63) is 58.9 Å². The van der Waals surface area contributed by atoms with Crippen LogP contribution in [0, 0.1) is 0 Å². The van der Waals surface area contributed by atoms with Crippen LogP contribution in [-0.4, -0.2) is 19.0 Å². The number of nitrogens with one attached hydrogen (secondary N) is 1. The number of hydrogen-bond donors (Lipinski definition) is 1. The fourth-order valence-corrected chi connectivity index (χ4v) is 3.34. The summed E-state index contributed by atoms with van der Waals surface area (Å²) in [5.74, 6) is -0.224. The highest BCUT2D eigenvalue weighted by molar-refractivity contribution is 6.76. The third kappa shape index (κ3) is 6.46. The zero-order valence-electron chi connectivity index (χ0n) is 15.2. The minimum atomic E-state index is -1.12. The number of benzene rings is 1. The summed E-state index contributed by atoms with van der Waals surface area (Å²) in [5, 5.41) is 3.18. The number of carbonyl (C=O) groups is 1. The predicted molar refractivity (Wildman–Crippen MR) is 107 cm³/mol. The highest BCUT2D eigenvalue weighted by Gasteiger charge is 2.16. The molecule has 0 aliphatic carbocycles. The summed E-state index contributed by atoms with van der Waals surface area (Å²) in [6, 6.07) is 12.5. The summed E-state index contributed by atoms with van der Waals surface area (Å²) < 4.78 is 0. The molecule has 1 N–H and O–H groups in total. The van der Waals surface area contributed by atoms with E-state index < -0.39 is 8.07 Å². The number of rotatable bonds is 5. The molecular formula is C19H27ClN2OSi. The van der Waals surface area contributed by atoms with Crippen molar-refractivity contribution in [2.24, 2.45) is 0 Å². The van der Waals surface area contributed by atoms with E-state index in [1.54, 1.807) is 18.3 Å². The summed E-state index contributed by atoms with van der Waals surface area (Å²) in [6.07, 6.45) is 2.55. The number of amides is 1. The number of halogens is 1. The van der Waals surface area contributed by atoms with Crippen LogP contribution in [0.4, 0.5) is 5.69 Å². The molecule has 130 valence electrons. The average molecular weight is 363 g/mol. The molecule has 5 heteroatoms. The molecule has 0 aliphatic heterocycles. The minimum Gasteiger partial charge on any atom is -0.322 e. The van der Waals surface area contributed by atoms with E-state index in [0.717, 1.165) is 12.1 Å². The maximum Gasteiger partial charge on any atom is 0.258 e. The van der Waals surface area contributed by atoms with Crippen molar-refractivity contribution in [3.8, 4) is 0 Å². The van der Waals surface area contributed by atoms with Gasteiger partial charge in [-0.3, -0.25) is 4.79 Å². The van der Waals surface area contributed by atoms with Crippen LogP contribution in [0.5, 0.6) is 0 Å². The third-order valence-corrected chi connectivity index (χ3v) is 5.46. The number of nitrogens with zero attached hydrogens (tertiary/aromatic N) is 1. The number of pyridine rings is 1. The Morgan fingerprint density at radius 2 is 1.79 bits per heavy atom. The molecule has 3 nitrogen and oxygen atoms in total. The van der Waals surface area contributed by atoms with Crippen molar-refractivity contribution >= 4 is 31.3 Å². The number of carbonyl (C=O) groups excluding carboxylic acids is 1. The first-order valence-corrected chi connectivity index (χ1v) is 12.4. The lowest BCUT2D eigenvalue weighted by atomic mass is 10.1. The first kappa shape index (κ1) is 20.4. The van der Waals surface area contributed by atoms with Gasteiger partial charge in [-0.25, -0.2) is 4.98 Å². The second-order valence-electron chi connectivity index (χ2n) is 6.51. The first-order chi connectivity index (χ1) is 11.4. The van der Waals surface area contributed by atoms with Gasteiger partial charge < -0.3 is 5.32 Å². The number of anilines is 1. The minimum absolute atomic E-state index is 0.222. The van der Waals surface area contributed by atoms with Crippen molar-refractivity contribution in [2.45, 2.75) is 46.0 Å². The molecule has 1 heterocycles. The summed E-state index contributed by atoms with van der Waals surface area (Å²) in [4.78, 5) is 16.3. The summed E-state index contributed by atoms with van der Waals surface area (Å²) >= 11 is 5.98. The van der Waals surface area contributed by atoms with E-state index in [4.69, 9.17) is 11.6 Å². The Morgan fingerprint density at radius 1 is 1.12 bits per heavy atom. The van der Waals surface area contributed by atoms with Gasteiger partial charge in [0.2, 0.25) is 0 Å². The van der Waals surface area contributed by atoms with E-state index in [-0.39, 0.29) is 11.1 Å². The van der Waals surface area contributed by atoms with Crippen LogP contribution in [0.25, 0.3) is 0 Å². The fourth-order valence-electron chi connectivity index (χ4n) is 2.11. The summed E-state index contributed by atoms with van der Waals surface area (Å²) in [6.45, 7) is 11.1. The van der Waals surface area contributed by atoms with Gasteiger partial charge in [-0.15, -0.1) is 0 Å². The predicted octanol–water partition coefficient (Wildman–Crippen LogP) is 5.89. The second-order valence-corrected chi connectivity index (χ2v) is 12.5. The van der Waals surface area contributed by atoms with Crippen LogP contribution in [-0.2, 0) is 6.42 Å². The van der Waals surface area contributed by atoms with Crippen molar-refractivity contribution in [1.82, 2.24) is 4.98 Å². The van der Waals surface area contributed by atoms with Gasteiger partial charge in [0.25, 0.3) is 5.91 Å². The van der Waals surface area contributed by atoms with Gasteiger partial charge in [-0.05, 0) is 30.2 Å². The second kappa shape index (κ2) is 9.60. The van der Waals surface area contributed by atoms with Gasteiger partial charge in [-0.1, -0.05) is 69.3 Å². The zero-order chi connectivity index (χ0) is 18.2. The topological polar surface area (TPSA) is 42.0 Å². The van der Waals surface area contributed by atoms with Crippen molar-refractivity contribution in [3.63, 3.8) is 0 Å². The zero-order valence-corrected chi connectivity index (χ0v) is 16.9. The molecule has 0 saturated heterocycles. The molecule has 2 rings (SSSR count). The normalized spacial score (nSPS) is 10.6. The van der Waals surface area contributed by atoms with Crippen LogP contribution >= 0.6 is 11.6 Å². The van der Waals surface area contributed by atoms with Crippen LogP contribution in [0.2, 0.25) is 30.8 Å². The number of hydrogen-bond acceptors (Lipinski definition) is 2. The Kier molecular flexibility index (Phi) is 8.15. The number of aryl methyl sites for hydroxylation is 1. The fraction of sp³-hybridized carbons (Fsp3) is 0.368. The van der Waals surface area contributed by atoms with Gasteiger partial charge in [0, 0.05) is 20.0 Å². The lowest BCUT2D eigenvalue weighted by molar-refractivity contribution is 0.102. The Balaban J connectivity index is 0.00000139. The molecule has 1 aromatic heterocycles. The van der Waals surface area contributed by atoms with E-state index >= 15 is 0 Å². The van der Waals surface area contributed by atoms with Gasteiger partial charge in [0.15, 0.2) is 0 Å². The third-order valence-electron chi connectivity index (χ3n) is 3.41. The maximum absolute atomic E-state index is 12.4. The Hall–Kier alpha value is -1.65. The monoisotopic (exact) mass is 362 g/mol. The SMILES string of the molecule is CC.C[Si](C)(C)CCc1ccccc1NC(=O)c1cccnc1Cl. The van der Waals surface area contributed by atoms with Crippen molar-refractivity contribution in [2.75, 3.05) is 5.32 Å². The van der Waals surface area contributed by atoms with Crippen LogP contribution in [0.3, 0.4) is 0 Å². The molecular weight excluding hydrogens is 336 g/mol. The molecule has 2 aromatic rings. The quantitative estimate of drug-likeness (QED) is 0.531. The molecule has 0 aliphatic rings. The Morgan fingerprint density at radius 3 is 2.42 bits per heavy atom. The van der Waals surface area contributed by atoms with Crippen LogP contribution in [0.15, 0.2) is 42.6 Å². The highest BCUT2D eigenvalue weighted by atomic mass is 35.5. The number of para-hydroxylation sites is 1. The lowest BCUT2D eigenvalue weighted by Crippen LogP contribution is -2.20. The largest absolute Gasteiger partial charge is 0.322 e. The summed E-state index contributed by atoms with van der Waals surface area (Å²) in [7, 11) is -1.12. The lowest BCUT2D eigenvalue weighted by Gasteiger charge is -2.17. The van der Waals surface area contributed by atoms with E-state index in [1.807, 2.05) is 32.0 Å². The highest BCUT2D eigenvalue weighted by Crippen LogP contribution is 2.22. The smallest absolute Gasteiger partial charge is 0.258 e. The van der Waals surface area contributed by atoms with E-state index in [1.165, 1.54) is 11.6 Å². The van der Waals surface area contributed by atoms with Gasteiger partial charge in [-0.2, -0.15) is 0 Å². The molecule has 0 unspecified atom stereocenters. The molecule has 0 spiro atoms. The Labute approximate surface area is 151 Å². The van der Waals surface area contributed by atoms with Crippen LogP contribution < -0.4 is 5.32 Å².